The Labute approximate surface area is 161 Å². The Hall–Kier alpha value is -2.11. The number of hydrogen-bond donors (Lipinski definition) is 2. The molecule has 0 saturated heterocycles. The fourth-order valence-electron chi connectivity index (χ4n) is 4.56. The van der Waals surface area contributed by atoms with Crippen molar-refractivity contribution in [3.8, 4) is 0 Å². The van der Waals surface area contributed by atoms with Crippen LogP contribution in [0.25, 0.3) is 0 Å². The Bertz CT molecular complexity index is 800. The van der Waals surface area contributed by atoms with Crippen molar-refractivity contribution in [2.24, 2.45) is 23.3 Å². The predicted molar refractivity (Wildman–Crippen MR) is 109 cm³/mol. The Morgan fingerprint density at radius 3 is 2.78 bits per heavy atom. The van der Waals surface area contributed by atoms with Gasteiger partial charge in [0.1, 0.15) is 5.76 Å². The Morgan fingerprint density at radius 1 is 1.22 bits per heavy atom. The van der Waals surface area contributed by atoms with Gasteiger partial charge in [-0.05, 0) is 66.4 Å². The van der Waals surface area contributed by atoms with Gasteiger partial charge < -0.3 is 15.4 Å². The first kappa shape index (κ1) is 18.3. The molecular formula is C22H30N4O. The minimum Gasteiger partial charge on any atom is -0.470 e. The zero-order chi connectivity index (χ0) is 19.1. The summed E-state index contributed by atoms with van der Waals surface area (Å²) in [4.78, 5) is 6.65. The quantitative estimate of drug-likeness (QED) is 0.852. The number of nitrogens with zero attached hydrogens (tertiary/aromatic N) is 2. The highest BCUT2D eigenvalue weighted by atomic mass is 16.5. The normalized spacial score (nSPS) is 30.4. The standard InChI is InChI=1S/C22H30N4O/c1-13(2)16-9-21-19(10-22(24)27-21)26(12-16)20-11-25-5-4-18(20)15-6-14(3)7-17(23)8-15/h4-5,9-15,17,22H,6-8,23-24H2,1-3H3. The summed E-state index contributed by atoms with van der Waals surface area (Å²) < 4.78 is 5.84. The first-order chi connectivity index (χ1) is 12.9. The number of anilines is 1. The molecule has 4 atom stereocenters. The molecule has 1 saturated carbocycles. The number of fused-ring (bicyclic) bond motifs is 1. The molecule has 0 bridgehead atoms. The second-order valence-corrected chi connectivity index (χ2v) is 8.50. The highest BCUT2D eigenvalue weighted by molar-refractivity contribution is 5.67. The van der Waals surface area contributed by atoms with Crippen molar-refractivity contribution in [2.75, 3.05) is 4.90 Å². The molecular weight excluding hydrogens is 336 g/mol. The number of pyridine rings is 1. The van der Waals surface area contributed by atoms with Gasteiger partial charge in [0.2, 0.25) is 0 Å². The van der Waals surface area contributed by atoms with Crippen molar-refractivity contribution in [1.82, 2.24) is 4.98 Å². The van der Waals surface area contributed by atoms with Crippen LogP contribution < -0.4 is 16.4 Å². The minimum absolute atomic E-state index is 0.265. The van der Waals surface area contributed by atoms with E-state index in [4.69, 9.17) is 16.2 Å². The van der Waals surface area contributed by atoms with Crippen LogP contribution in [-0.4, -0.2) is 17.3 Å². The number of nitrogens with two attached hydrogens (primary N) is 2. The lowest BCUT2D eigenvalue weighted by atomic mass is 9.76. The van der Waals surface area contributed by atoms with Crippen molar-refractivity contribution in [3.05, 3.63) is 59.4 Å². The largest absolute Gasteiger partial charge is 0.470 e. The second kappa shape index (κ2) is 7.13. The lowest BCUT2D eigenvalue weighted by molar-refractivity contribution is 0.185. The van der Waals surface area contributed by atoms with E-state index in [-0.39, 0.29) is 6.04 Å². The van der Waals surface area contributed by atoms with Gasteiger partial charge in [0.15, 0.2) is 6.23 Å². The molecule has 4 unspecified atom stereocenters. The maximum atomic E-state index is 6.35. The topological polar surface area (TPSA) is 77.4 Å². The smallest absolute Gasteiger partial charge is 0.169 e. The average molecular weight is 367 g/mol. The fourth-order valence-corrected chi connectivity index (χ4v) is 4.56. The van der Waals surface area contributed by atoms with Crippen molar-refractivity contribution in [2.45, 2.75) is 58.2 Å². The third-order valence-corrected chi connectivity index (χ3v) is 5.85. The second-order valence-electron chi connectivity index (χ2n) is 8.50. The summed E-state index contributed by atoms with van der Waals surface area (Å²) in [5.74, 6) is 2.33. The molecule has 0 radical (unpaired) electrons. The Balaban J connectivity index is 1.77. The first-order valence-corrected chi connectivity index (χ1v) is 9.99. The summed E-state index contributed by atoms with van der Waals surface area (Å²) in [7, 11) is 0. The van der Waals surface area contributed by atoms with Crippen LogP contribution in [0.4, 0.5) is 5.69 Å². The molecule has 3 aliphatic rings. The maximum absolute atomic E-state index is 6.35. The number of allylic oxidation sites excluding steroid dienone is 2. The van der Waals surface area contributed by atoms with Gasteiger partial charge >= 0.3 is 0 Å². The van der Waals surface area contributed by atoms with Gasteiger partial charge in [0.05, 0.1) is 17.6 Å². The van der Waals surface area contributed by atoms with Crippen LogP contribution in [0, 0.1) is 11.8 Å². The van der Waals surface area contributed by atoms with Gasteiger partial charge in [-0.1, -0.05) is 20.8 Å². The molecule has 144 valence electrons. The zero-order valence-corrected chi connectivity index (χ0v) is 16.4. The molecule has 5 nitrogen and oxygen atoms in total. The van der Waals surface area contributed by atoms with E-state index < -0.39 is 6.23 Å². The predicted octanol–water partition coefficient (Wildman–Crippen LogP) is 3.76. The Kier molecular flexibility index (Phi) is 4.82. The summed E-state index contributed by atoms with van der Waals surface area (Å²) in [5.41, 5.74) is 17.1. The number of ether oxygens (including phenoxy) is 1. The van der Waals surface area contributed by atoms with Gasteiger partial charge in [0.25, 0.3) is 0 Å². The lowest BCUT2D eigenvalue weighted by Gasteiger charge is -2.35. The molecule has 0 amide bonds. The van der Waals surface area contributed by atoms with Gasteiger partial charge in [-0.15, -0.1) is 0 Å². The van der Waals surface area contributed by atoms with Crippen molar-refractivity contribution in [3.63, 3.8) is 0 Å². The summed E-state index contributed by atoms with van der Waals surface area (Å²) in [5, 5.41) is 0. The van der Waals surface area contributed by atoms with Crippen LogP contribution in [0.2, 0.25) is 0 Å². The van der Waals surface area contributed by atoms with E-state index >= 15 is 0 Å². The van der Waals surface area contributed by atoms with Crippen LogP contribution in [0.3, 0.4) is 0 Å². The first-order valence-electron chi connectivity index (χ1n) is 9.99. The highest BCUT2D eigenvalue weighted by Crippen LogP contribution is 2.43. The van der Waals surface area contributed by atoms with Gasteiger partial charge in [-0.25, -0.2) is 0 Å². The van der Waals surface area contributed by atoms with Gasteiger partial charge in [-0.3, -0.25) is 10.7 Å². The van der Waals surface area contributed by atoms with E-state index in [1.165, 1.54) is 11.1 Å². The van der Waals surface area contributed by atoms with Crippen LogP contribution in [-0.2, 0) is 4.74 Å². The van der Waals surface area contributed by atoms with Crippen molar-refractivity contribution in [1.29, 1.82) is 0 Å². The average Bonchev–Trinajstić information content (AvgIpc) is 3.00. The van der Waals surface area contributed by atoms with Crippen molar-refractivity contribution >= 4 is 5.69 Å². The van der Waals surface area contributed by atoms with Gasteiger partial charge in [0, 0.05) is 18.4 Å². The minimum atomic E-state index is -0.406. The number of hydrogen-bond acceptors (Lipinski definition) is 5. The number of aromatic nitrogens is 1. The highest BCUT2D eigenvalue weighted by Gasteiger charge is 2.32. The molecule has 1 aliphatic carbocycles. The molecule has 0 aromatic carbocycles. The maximum Gasteiger partial charge on any atom is 0.169 e. The van der Waals surface area contributed by atoms with Crippen molar-refractivity contribution < 1.29 is 4.74 Å². The molecule has 1 aromatic heterocycles. The molecule has 4 N–H and O–H groups in total. The molecule has 27 heavy (non-hydrogen) atoms. The van der Waals surface area contributed by atoms with E-state index in [0.717, 1.165) is 36.4 Å². The number of rotatable bonds is 3. The third kappa shape index (κ3) is 3.54. The zero-order valence-electron chi connectivity index (χ0n) is 16.4. The van der Waals surface area contributed by atoms with E-state index in [2.05, 4.69) is 49.0 Å². The SMILES string of the molecule is CC1CC(N)CC(c2ccncc2N2C=C(C(C)C)C=C3OC(N)C=C32)C1. The molecule has 5 heteroatoms. The third-order valence-electron chi connectivity index (χ3n) is 5.85. The lowest BCUT2D eigenvalue weighted by Crippen LogP contribution is -2.32. The monoisotopic (exact) mass is 366 g/mol. The van der Waals surface area contributed by atoms with Crippen LogP contribution in [0.15, 0.2) is 53.8 Å². The van der Waals surface area contributed by atoms with E-state index in [1.54, 1.807) is 0 Å². The van der Waals surface area contributed by atoms with Gasteiger partial charge in [-0.2, -0.15) is 0 Å². The van der Waals surface area contributed by atoms with E-state index in [0.29, 0.717) is 17.8 Å². The molecule has 4 rings (SSSR count). The van der Waals surface area contributed by atoms with E-state index in [9.17, 15) is 0 Å². The molecule has 2 aliphatic heterocycles. The molecule has 0 spiro atoms. The fraction of sp³-hybridized carbons (Fsp3) is 0.500. The molecule has 1 aromatic rings. The van der Waals surface area contributed by atoms with E-state index in [1.807, 2.05) is 18.5 Å². The molecule has 3 heterocycles. The summed E-state index contributed by atoms with van der Waals surface area (Å²) in [6.45, 7) is 6.69. The summed E-state index contributed by atoms with van der Waals surface area (Å²) in [6, 6.07) is 2.42. The molecule has 1 fully saturated rings. The summed E-state index contributed by atoms with van der Waals surface area (Å²) in [6.07, 6.45) is 13.0. The van der Waals surface area contributed by atoms with Crippen LogP contribution in [0.1, 0.15) is 51.5 Å². The van der Waals surface area contributed by atoms with Crippen LogP contribution >= 0.6 is 0 Å². The Morgan fingerprint density at radius 2 is 2.04 bits per heavy atom. The van der Waals surface area contributed by atoms with Crippen LogP contribution in [0.5, 0.6) is 0 Å². The summed E-state index contributed by atoms with van der Waals surface area (Å²) >= 11 is 0.